The number of nitrogens with one attached hydrogen (secondary N) is 2. The molecule has 2 amide bonds. The number of benzene rings is 1. The fourth-order valence-corrected chi connectivity index (χ4v) is 6.42. The number of amides is 2. The first kappa shape index (κ1) is 25.1. The fourth-order valence-electron chi connectivity index (χ4n) is 5.54. The van der Waals surface area contributed by atoms with Gasteiger partial charge in [-0.1, -0.05) is 39.5 Å². The Morgan fingerprint density at radius 3 is 2.68 bits per heavy atom. The number of fused-ring (bicyclic) bond motifs is 3. The van der Waals surface area contributed by atoms with E-state index in [1.807, 2.05) is 49.6 Å². The third kappa shape index (κ3) is 4.12. The van der Waals surface area contributed by atoms with Gasteiger partial charge < -0.3 is 9.88 Å². The Bertz CT molecular complexity index is 1520. The summed E-state index contributed by atoms with van der Waals surface area (Å²) in [7, 11) is 0. The summed E-state index contributed by atoms with van der Waals surface area (Å²) in [5, 5.41) is 5.25. The summed E-state index contributed by atoms with van der Waals surface area (Å²) in [4.78, 5) is 44.0. The summed E-state index contributed by atoms with van der Waals surface area (Å²) in [6.07, 6.45) is 4.22. The van der Waals surface area contributed by atoms with Crippen molar-refractivity contribution in [2.45, 2.75) is 40.2 Å². The van der Waals surface area contributed by atoms with Crippen LogP contribution >= 0.6 is 11.3 Å². The average Bonchev–Trinajstić information content (AvgIpc) is 3.68. The quantitative estimate of drug-likeness (QED) is 0.384. The number of carbonyl (C=O) groups is 2. The van der Waals surface area contributed by atoms with Crippen LogP contribution in [0, 0.1) is 0 Å². The molecule has 2 saturated heterocycles. The van der Waals surface area contributed by atoms with Crippen LogP contribution in [0.2, 0.25) is 0 Å². The van der Waals surface area contributed by atoms with Crippen molar-refractivity contribution in [2.75, 3.05) is 31.1 Å². The number of nitrogens with zero attached hydrogens (tertiary/aromatic N) is 4. The number of para-hydroxylation sites is 1. The molecule has 0 bridgehead atoms. The largest absolute Gasteiger partial charge is 0.360 e. The Balaban J connectivity index is 0.000000913. The van der Waals surface area contributed by atoms with Gasteiger partial charge in [0.1, 0.15) is 0 Å². The monoisotopic (exact) mass is 516 g/mol. The number of H-pyrrole nitrogens is 1. The Morgan fingerprint density at radius 2 is 1.81 bits per heavy atom. The van der Waals surface area contributed by atoms with Gasteiger partial charge in [-0.25, -0.2) is 9.97 Å². The van der Waals surface area contributed by atoms with Crippen LogP contribution in [-0.4, -0.2) is 63.9 Å². The van der Waals surface area contributed by atoms with Gasteiger partial charge in [0, 0.05) is 42.8 Å². The van der Waals surface area contributed by atoms with Crippen LogP contribution in [-0.2, 0) is 9.59 Å². The van der Waals surface area contributed by atoms with Crippen molar-refractivity contribution in [1.29, 1.82) is 0 Å². The van der Waals surface area contributed by atoms with Gasteiger partial charge in [0.25, 0.3) is 11.8 Å². The topological polar surface area (TPSA) is 94.2 Å². The second-order valence-corrected chi connectivity index (χ2v) is 9.98. The molecule has 37 heavy (non-hydrogen) atoms. The number of hydrogen-bond donors (Lipinski definition) is 2. The maximum atomic E-state index is 13.2. The molecular formula is C28H32N6O2S. The zero-order valence-electron chi connectivity index (χ0n) is 20.4. The highest BCUT2D eigenvalue weighted by atomic mass is 32.1. The van der Waals surface area contributed by atoms with E-state index in [1.165, 1.54) is 12.8 Å². The number of aromatic amines is 1. The Hall–Kier alpha value is -3.56. The van der Waals surface area contributed by atoms with Gasteiger partial charge in [-0.15, -0.1) is 11.3 Å². The highest BCUT2D eigenvalue weighted by Crippen LogP contribution is 2.38. The average molecular weight is 517 g/mol. The van der Waals surface area contributed by atoms with E-state index in [9.17, 15) is 9.59 Å². The molecule has 1 aromatic carbocycles. The molecule has 2 fully saturated rings. The van der Waals surface area contributed by atoms with Gasteiger partial charge in [-0.3, -0.25) is 19.8 Å². The molecule has 0 radical (unpaired) electrons. The summed E-state index contributed by atoms with van der Waals surface area (Å²) < 4.78 is 0.952. The highest BCUT2D eigenvalue weighted by Gasteiger charge is 2.37. The van der Waals surface area contributed by atoms with Crippen molar-refractivity contribution < 1.29 is 9.59 Å². The second-order valence-electron chi connectivity index (χ2n) is 9.07. The lowest BCUT2D eigenvalue weighted by atomic mass is 9.99. The summed E-state index contributed by atoms with van der Waals surface area (Å²) >= 11 is 1.54. The zero-order chi connectivity index (χ0) is 24.8. The SMILES string of the molecule is C.CC.O=C1NC(=O)C(c2c[nH]c3ccsc23)=C1c1nc(N2CCN3CCCC3C2)nc2ccccc12. The summed E-state index contributed by atoms with van der Waals surface area (Å²) in [5.74, 6) is -0.186. The molecule has 192 valence electrons. The summed E-state index contributed by atoms with van der Waals surface area (Å²) in [6.45, 7) is 7.87. The molecule has 0 spiro atoms. The molecule has 0 saturated carbocycles. The third-order valence-electron chi connectivity index (χ3n) is 7.18. The van der Waals surface area contributed by atoms with Crippen molar-refractivity contribution in [2.24, 2.45) is 0 Å². The van der Waals surface area contributed by atoms with E-state index < -0.39 is 11.8 Å². The molecule has 1 atom stereocenters. The van der Waals surface area contributed by atoms with Crippen molar-refractivity contribution in [3.63, 3.8) is 0 Å². The van der Waals surface area contributed by atoms with Crippen molar-refractivity contribution >= 4 is 61.4 Å². The predicted molar refractivity (Wildman–Crippen MR) is 151 cm³/mol. The van der Waals surface area contributed by atoms with Gasteiger partial charge >= 0.3 is 0 Å². The van der Waals surface area contributed by atoms with Crippen LogP contribution < -0.4 is 10.2 Å². The van der Waals surface area contributed by atoms with Crippen LogP contribution in [0.25, 0.3) is 32.3 Å². The Labute approximate surface area is 220 Å². The first-order chi connectivity index (χ1) is 17.7. The van der Waals surface area contributed by atoms with E-state index in [4.69, 9.17) is 9.97 Å². The molecule has 1 unspecified atom stereocenters. The minimum atomic E-state index is -0.415. The molecule has 4 aromatic rings. The van der Waals surface area contributed by atoms with E-state index in [-0.39, 0.29) is 7.43 Å². The zero-order valence-corrected chi connectivity index (χ0v) is 21.2. The summed E-state index contributed by atoms with van der Waals surface area (Å²) in [6, 6.07) is 10.2. The van der Waals surface area contributed by atoms with E-state index >= 15 is 0 Å². The van der Waals surface area contributed by atoms with E-state index in [0.29, 0.717) is 28.8 Å². The number of anilines is 1. The number of carbonyl (C=O) groups excluding carboxylic acids is 2. The molecule has 6 heterocycles. The normalized spacial score (nSPS) is 19.6. The van der Waals surface area contributed by atoms with Gasteiger partial charge in [0.05, 0.1) is 32.6 Å². The third-order valence-corrected chi connectivity index (χ3v) is 8.13. The number of thiophene rings is 1. The smallest absolute Gasteiger partial charge is 0.261 e. The molecular weight excluding hydrogens is 484 g/mol. The Morgan fingerprint density at radius 1 is 1.00 bits per heavy atom. The van der Waals surface area contributed by atoms with Gasteiger partial charge in [-0.05, 0) is 36.9 Å². The lowest BCUT2D eigenvalue weighted by molar-refractivity contribution is -0.122. The van der Waals surface area contributed by atoms with E-state index in [1.54, 1.807) is 17.5 Å². The van der Waals surface area contributed by atoms with E-state index in [2.05, 4.69) is 20.1 Å². The first-order valence-corrected chi connectivity index (χ1v) is 13.5. The minimum absolute atomic E-state index is 0. The van der Waals surface area contributed by atoms with E-state index in [0.717, 1.165) is 52.9 Å². The van der Waals surface area contributed by atoms with Crippen LogP contribution in [0.15, 0.2) is 41.9 Å². The molecule has 0 aliphatic carbocycles. The summed E-state index contributed by atoms with van der Waals surface area (Å²) in [5.41, 5.74) is 3.64. The van der Waals surface area contributed by atoms with Crippen LogP contribution in [0.1, 0.15) is 45.4 Å². The number of hydrogen-bond acceptors (Lipinski definition) is 7. The van der Waals surface area contributed by atoms with Gasteiger partial charge in [0.2, 0.25) is 5.95 Å². The Kier molecular flexibility index (Phi) is 6.83. The van der Waals surface area contributed by atoms with Crippen LogP contribution in [0.3, 0.4) is 0 Å². The molecule has 3 aliphatic heterocycles. The molecule has 9 heteroatoms. The van der Waals surface area contributed by atoms with Crippen LogP contribution in [0.4, 0.5) is 5.95 Å². The number of imide groups is 1. The predicted octanol–water partition coefficient (Wildman–Crippen LogP) is 4.69. The lowest BCUT2D eigenvalue weighted by Gasteiger charge is -2.37. The molecule has 2 N–H and O–H groups in total. The lowest BCUT2D eigenvalue weighted by Crippen LogP contribution is -2.50. The first-order valence-electron chi connectivity index (χ1n) is 12.6. The molecule has 8 nitrogen and oxygen atoms in total. The highest BCUT2D eigenvalue weighted by molar-refractivity contribution is 7.17. The fraction of sp³-hybridized carbons (Fsp3) is 0.357. The minimum Gasteiger partial charge on any atom is -0.360 e. The van der Waals surface area contributed by atoms with Crippen molar-refractivity contribution in [3.8, 4) is 0 Å². The second kappa shape index (κ2) is 10.1. The van der Waals surface area contributed by atoms with Crippen molar-refractivity contribution in [3.05, 3.63) is 53.2 Å². The maximum Gasteiger partial charge on any atom is 0.261 e. The molecule has 3 aliphatic rings. The van der Waals surface area contributed by atoms with Gasteiger partial charge in [0.15, 0.2) is 0 Å². The molecule has 7 rings (SSSR count). The number of aromatic nitrogens is 3. The van der Waals surface area contributed by atoms with Crippen LogP contribution in [0.5, 0.6) is 0 Å². The van der Waals surface area contributed by atoms with Gasteiger partial charge in [-0.2, -0.15) is 0 Å². The number of piperazine rings is 1. The van der Waals surface area contributed by atoms with Crippen molar-refractivity contribution in [1.82, 2.24) is 25.2 Å². The number of rotatable bonds is 3. The molecule has 3 aromatic heterocycles. The standard InChI is InChI=1S/C25H22N6O2S.C2H6.CH4/c32-23-19(16-12-26-18-7-11-34-22(16)18)20(24(33)29-23)21-15-5-1-2-6-17(15)27-25(28-21)31-10-9-30-8-3-4-14(30)13-31;1-2;/h1-2,5-7,11-12,14,26H,3-4,8-10,13H2,(H,29,32,33);1-2H3;1H4. The maximum absolute atomic E-state index is 13.2.